The standard InChI is InChI=1S/C16H16IN5O2/c1-10-3-4-11(7-13(10)17)20-14(23)5-6-22-9-18-15-12(16(22)24)8-19-21(15)2/h3-4,7-9H,5-6H2,1-2H3,(H,20,23). The molecule has 0 fully saturated rings. The zero-order valence-electron chi connectivity index (χ0n) is 13.3. The number of anilines is 1. The number of halogens is 1. The van der Waals surface area contributed by atoms with Crippen molar-refractivity contribution in [2.75, 3.05) is 5.32 Å². The molecule has 8 heteroatoms. The van der Waals surface area contributed by atoms with E-state index < -0.39 is 0 Å². The van der Waals surface area contributed by atoms with E-state index >= 15 is 0 Å². The summed E-state index contributed by atoms with van der Waals surface area (Å²) in [6.45, 7) is 2.28. The molecule has 1 N–H and O–H groups in total. The van der Waals surface area contributed by atoms with E-state index in [4.69, 9.17) is 0 Å². The minimum Gasteiger partial charge on any atom is -0.326 e. The number of benzene rings is 1. The third kappa shape index (κ3) is 3.32. The van der Waals surface area contributed by atoms with Crippen molar-refractivity contribution in [2.45, 2.75) is 19.9 Å². The van der Waals surface area contributed by atoms with Crippen LogP contribution in [0.25, 0.3) is 11.0 Å². The molecule has 0 saturated carbocycles. The Bertz CT molecular complexity index is 976. The molecule has 1 amide bonds. The fourth-order valence-corrected chi connectivity index (χ4v) is 2.86. The Morgan fingerprint density at radius 3 is 2.92 bits per heavy atom. The van der Waals surface area contributed by atoms with Gasteiger partial charge in [-0.1, -0.05) is 6.07 Å². The second-order valence-electron chi connectivity index (χ2n) is 5.51. The van der Waals surface area contributed by atoms with Crippen LogP contribution < -0.4 is 10.9 Å². The molecule has 0 aliphatic heterocycles. The average molecular weight is 437 g/mol. The summed E-state index contributed by atoms with van der Waals surface area (Å²) in [6, 6.07) is 5.75. The first-order chi connectivity index (χ1) is 11.5. The van der Waals surface area contributed by atoms with Crippen LogP contribution in [0.4, 0.5) is 5.69 Å². The number of fused-ring (bicyclic) bond motifs is 1. The third-order valence-corrected chi connectivity index (χ3v) is 4.92. The first kappa shape index (κ1) is 16.6. The fraction of sp³-hybridized carbons (Fsp3) is 0.250. The first-order valence-corrected chi connectivity index (χ1v) is 8.47. The maximum atomic E-state index is 12.3. The summed E-state index contributed by atoms with van der Waals surface area (Å²) >= 11 is 2.23. The molecule has 3 rings (SSSR count). The van der Waals surface area contributed by atoms with Crippen molar-refractivity contribution in [1.82, 2.24) is 19.3 Å². The summed E-state index contributed by atoms with van der Waals surface area (Å²) in [7, 11) is 1.73. The Morgan fingerprint density at radius 2 is 2.17 bits per heavy atom. The zero-order chi connectivity index (χ0) is 17.3. The summed E-state index contributed by atoms with van der Waals surface area (Å²) < 4.78 is 4.07. The lowest BCUT2D eigenvalue weighted by Gasteiger charge is -2.08. The van der Waals surface area contributed by atoms with Gasteiger partial charge in [-0.2, -0.15) is 5.10 Å². The van der Waals surface area contributed by atoms with Crippen molar-refractivity contribution in [3.05, 3.63) is 50.2 Å². The Balaban J connectivity index is 1.69. The highest BCUT2D eigenvalue weighted by Crippen LogP contribution is 2.17. The van der Waals surface area contributed by atoms with Gasteiger partial charge in [0.1, 0.15) is 5.39 Å². The zero-order valence-corrected chi connectivity index (χ0v) is 15.4. The van der Waals surface area contributed by atoms with Crippen LogP contribution in [0.1, 0.15) is 12.0 Å². The molecule has 0 aliphatic rings. The number of nitrogens with zero attached hydrogens (tertiary/aromatic N) is 4. The quantitative estimate of drug-likeness (QED) is 0.634. The number of carbonyl (C=O) groups is 1. The molecule has 0 bridgehead atoms. The van der Waals surface area contributed by atoms with Gasteiger partial charge in [0.15, 0.2) is 5.65 Å². The van der Waals surface area contributed by atoms with Crippen molar-refractivity contribution in [3.63, 3.8) is 0 Å². The molecule has 0 atom stereocenters. The van der Waals surface area contributed by atoms with Crippen LogP contribution in [0.5, 0.6) is 0 Å². The molecule has 0 aliphatic carbocycles. The first-order valence-electron chi connectivity index (χ1n) is 7.39. The number of hydrogen-bond donors (Lipinski definition) is 1. The van der Waals surface area contributed by atoms with Crippen molar-refractivity contribution in [3.8, 4) is 0 Å². The Labute approximate surface area is 151 Å². The van der Waals surface area contributed by atoms with Crippen molar-refractivity contribution in [2.24, 2.45) is 7.05 Å². The van der Waals surface area contributed by atoms with E-state index in [0.29, 0.717) is 11.0 Å². The van der Waals surface area contributed by atoms with Crippen LogP contribution in [0.2, 0.25) is 0 Å². The molecule has 1 aromatic carbocycles. The van der Waals surface area contributed by atoms with E-state index in [-0.39, 0.29) is 24.4 Å². The van der Waals surface area contributed by atoms with Crippen LogP contribution in [0, 0.1) is 10.5 Å². The van der Waals surface area contributed by atoms with E-state index in [9.17, 15) is 9.59 Å². The Kier molecular flexibility index (Phi) is 4.65. The molecule has 0 spiro atoms. The summed E-state index contributed by atoms with van der Waals surface area (Å²) in [5.74, 6) is -0.146. The van der Waals surface area contributed by atoms with Crippen LogP contribution in [0.15, 0.2) is 35.5 Å². The van der Waals surface area contributed by atoms with Gasteiger partial charge in [0.25, 0.3) is 5.56 Å². The van der Waals surface area contributed by atoms with Gasteiger partial charge in [-0.25, -0.2) is 4.98 Å². The lowest BCUT2D eigenvalue weighted by Crippen LogP contribution is -2.23. The number of aromatic nitrogens is 4. The molecule has 7 nitrogen and oxygen atoms in total. The number of hydrogen-bond acceptors (Lipinski definition) is 4. The molecular formula is C16H16IN5O2. The van der Waals surface area contributed by atoms with Crippen LogP contribution in [-0.2, 0) is 18.4 Å². The van der Waals surface area contributed by atoms with Gasteiger partial charge < -0.3 is 5.32 Å². The van der Waals surface area contributed by atoms with Crippen LogP contribution in [0.3, 0.4) is 0 Å². The number of rotatable bonds is 4. The van der Waals surface area contributed by atoms with E-state index in [0.717, 1.165) is 14.8 Å². The summed E-state index contributed by atoms with van der Waals surface area (Å²) in [5.41, 5.74) is 2.26. The monoisotopic (exact) mass is 437 g/mol. The fourth-order valence-electron chi connectivity index (χ4n) is 2.34. The highest BCUT2D eigenvalue weighted by Gasteiger charge is 2.10. The molecule has 0 unspecified atom stereocenters. The molecule has 0 saturated heterocycles. The molecule has 2 heterocycles. The van der Waals surface area contributed by atoms with Gasteiger partial charge in [0.05, 0.1) is 12.5 Å². The minimum atomic E-state index is -0.189. The van der Waals surface area contributed by atoms with Gasteiger partial charge in [0.2, 0.25) is 5.91 Å². The lowest BCUT2D eigenvalue weighted by atomic mass is 10.2. The van der Waals surface area contributed by atoms with E-state index in [1.165, 1.54) is 17.1 Å². The van der Waals surface area contributed by atoms with E-state index in [2.05, 4.69) is 38.0 Å². The summed E-state index contributed by atoms with van der Waals surface area (Å²) in [6.07, 6.45) is 3.14. The molecule has 2 aromatic heterocycles. The Hall–Kier alpha value is -2.23. The second-order valence-corrected chi connectivity index (χ2v) is 6.67. The molecule has 3 aromatic rings. The minimum absolute atomic E-state index is 0.146. The summed E-state index contributed by atoms with van der Waals surface area (Å²) in [4.78, 5) is 28.6. The maximum Gasteiger partial charge on any atom is 0.264 e. The topological polar surface area (TPSA) is 81.8 Å². The van der Waals surface area contributed by atoms with E-state index in [1.807, 2.05) is 25.1 Å². The maximum absolute atomic E-state index is 12.3. The number of aryl methyl sites for hydroxylation is 3. The van der Waals surface area contributed by atoms with E-state index in [1.54, 1.807) is 11.7 Å². The van der Waals surface area contributed by atoms with Crippen molar-refractivity contribution in [1.29, 1.82) is 0 Å². The number of amides is 1. The van der Waals surface area contributed by atoms with Crippen molar-refractivity contribution < 1.29 is 4.79 Å². The Morgan fingerprint density at radius 1 is 1.38 bits per heavy atom. The van der Waals surface area contributed by atoms with Gasteiger partial charge >= 0.3 is 0 Å². The average Bonchev–Trinajstić information content (AvgIpc) is 2.92. The van der Waals surface area contributed by atoms with Crippen LogP contribution in [-0.4, -0.2) is 25.2 Å². The predicted octanol–water partition coefficient (Wildman–Crippen LogP) is 2.07. The molecule has 124 valence electrons. The second kappa shape index (κ2) is 6.71. The highest BCUT2D eigenvalue weighted by atomic mass is 127. The summed E-state index contributed by atoms with van der Waals surface area (Å²) in [5, 5.41) is 7.32. The smallest absolute Gasteiger partial charge is 0.264 e. The van der Waals surface area contributed by atoms with Gasteiger partial charge in [-0.05, 0) is 47.2 Å². The van der Waals surface area contributed by atoms with Crippen molar-refractivity contribution >= 4 is 45.2 Å². The van der Waals surface area contributed by atoms with Crippen LogP contribution >= 0.6 is 22.6 Å². The predicted molar refractivity (Wildman–Crippen MR) is 99.9 cm³/mol. The number of nitrogens with one attached hydrogen (secondary N) is 1. The molecular weight excluding hydrogens is 421 g/mol. The van der Waals surface area contributed by atoms with Gasteiger partial charge in [0, 0.05) is 29.3 Å². The third-order valence-electron chi connectivity index (χ3n) is 3.75. The molecule has 24 heavy (non-hydrogen) atoms. The molecule has 0 radical (unpaired) electrons. The normalized spacial score (nSPS) is 11.0. The van der Waals surface area contributed by atoms with Gasteiger partial charge in [-0.15, -0.1) is 0 Å². The SMILES string of the molecule is Cc1ccc(NC(=O)CCn2cnc3c(cnn3C)c2=O)cc1I. The van der Waals surface area contributed by atoms with Gasteiger partial charge in [-0.3, -0.25) is 18.8 Å². The number of carbonyl (C=O) groups excluding carboxylic acids is 1. The largest absolute Gasteiger partial charge is 0.326 e. The highest BCUT2D eigenvalue weighted by molar-refractivity contribution is 14.1. The lowest BCUT2D eigenvalue weighted by molar-refractivity contribution is -0.116.